The monoisotopic (exact) mass is 252 g/mol. The molecule has 18 heavy (non-hydrogen) atoms. The maximum absolute atomic E-state index is 11.8. The normalized spacial score (nSPS) is 12.5. The third-order valence-corrected chi connectivity index (χ3v) is 2.74. The summed E-state index contributed by atoms with van der Waals surface area (Å²) >= 11 is 0. The number of nitrogens with zero attached hydrogens (tertiary/aromatic N) is 2. The minimum atomic E-state index is -0.266. The maximum Gasteiger partial charge on any atom is 0.242 e. The number of carbonyl (C=O) groups excluding carboxylic acids is 1. The lowest BCUT2D eigenvalue weighted by Crippen LogP contribution is -2.38. The molecule has 1 heterocycles. The predicted molar refractivity (Wildman–Crippen MR) is 73.5 cm³/mol. The molecule has 0 bridgehead atoms. The highest BCUT2D eigenvalue weighted by Crippen LogP contribution is 2.04. The Morgan fingerprint density at radius 2 is 2.17 bits per heavy atom. The fourth-order valence-corrected chi connectivity index (χ4v) is 1.54. The molecular weight excluding hydrogens is 228 g/mol. The van der Waals surface area contributed by atoms with Gasteiger partial charge in [-0.3, -0.25) is 9.48 Å². The first kappa shape index (κ1) is 14.5. The zero-order valence-electron chi connectivity index (χ0n) is 11.7. The van der Waals surface area contributed by atoms with E-state index in [9.17, 15) is 4.79 Å². The SMILES string of the molecule is CCn1ccc(NC(C)C(=O)NCCC(C)C)n1. The molecule has 1 aromatic heterocycles. The van der Waals surface area contributed by atoms with E-state index < -0.39 is 0 Å². The number of hydrogen-bond donors (Lipinski definition) is 2. The molecule has 0 radical (unpaired) electrons. The molecule has 1 atom stereocenters. The topological polar surface area (TPSA) is 59.0 Å². The van der Waals surface area contributed by atoms with Crippen LogP contribution in [0.5, 0.6) is 0 Å². The Morgan fingerprint density at radius 3 is 2.72 bits per heavy atom. The van der Waals surface area contributed by atoms with Gasteiger partial charge in [0.15, 0.2) is 0 Å². The van der Waals surface area contributed by atoms with Crippen molar-refractivity contribution in [1.29, 1.82) is 0 Å². The third-order valence-electron chi connectivity index (χ3n) is 2.74. The van der Waals surface area contributed by atoms with Crippen molar-refractivity contribution in [2.75, 3.05) is 11.9 Å². The average Bonchev–Trinajstić information content (AvgIpc) is 2.76. The summed E-state index contributed by atoms with van der Waals surface area (Å²) < 4.78 is 1.83. The highest BCUT2D eigenvalue weighted by atomic mass is 16.2. The van der Waals surface area contributed by atoms with Gasteiger partial charge in [-0.15, -0.1) is 0 Å². The van der Waals surface area contributed by atoms with Crippen molar-refractivity contribution >= 4 is 11.7 Å². The van der Waals surface area contributed by atoms with Crippen molar-refractivity contribution in [3.63, 3.8) is 0 Å². The molecule has 5 heteroatoms. The fraction of sp³-hybridized carbons (Fsp3) is 0.692. The molecule has 1 aromatic rings. The van der Waals surface area contributed by atoms with Crippen LogP contribution >= 0.6 is 0 Å². The summed E-state index contributed by atoms with van der Waals surface area (Å²) in [6.07, 6.45) is 2.90. The highest BCUT2D eigenvalue weighted by molar-refractivity contribution is 5.83. The van der Waals surface area contributed by atoms with Crippen molar-refractivity contribution < 1.29 is 4.79 Å². The number of rotatable bonds is 7. The minimum absolute atomic E-state index is 0.0155. The summed E-state index contributed by atoms with van der Waals surface area (Å²) in [5.41, 5.74) is 0. The molecule has 0 fully saturated rings. The molecule has 5 nitrogen and oxygen atoms in total. The Hall–Kier alpha value is -1.52. The van der Waals surface area contributed by atoms with Gasteiger partial charge in [0.2, 0.25) is 5.91 Å². The van der Waals surface area contributed by atoms with E-state index in [1.807, 2.05) is 30.8 Å². The number of aromatic nitrogens is 2. The largest absolute Gasteiger partial charge is 0.357 e. The van der Waals surface area contributed by atoms with Gasteiger partial charge in [-0.1, -0.05) is 13.8 Å². The molecule has 0 saturated carbocycles. The van der Waals surface area contributed by atoms with Gasteiger partial charge in [0.25, 0.3) is 0 Å². The second-order valence-electron chi connectivity index (χ2n) is 4.90. The number of carbonyl (C=O) groups is 1. The van der Waals surface area contributed by atoms with E-state index in [2.05, 4.69) is 29.6 Å². The second-order valence-corrected chi connectivity index (χ2v) is 4.90. The van der Waals surface area contributed by atoms with Crippen LogP contribution in [0.2, 0.25) is 0 Å². The van der Waals surface area contributed by atoms with Crippen molar-refractivity contribution in [3.8, 4) is 0 Å². The molecular formula is C13H24N4O. The van der Waals surface area contributed by atoms with Gasteiger partial charge < -0.3 is 10.6 Å². The van der Waals surface area contributed by atoms with E-state index in [0.29, 0.717) is 5.92 Å². The lowest BCUT2D eigenvalue weighted by molar-refractivity contribution is -0.121. The van der Waals surface area contributed by atoms with Crippen LogP contribution in [0.25, 0.3) is 0 Å². The van der Waals surface area contributed by atoms with Crippen molar-refractivity contribution in [1.82, 2.24) is 15.1 Å². The van der Waals surface area contributed by atoms with Crippen molar-refractivity contribution in [2.24, 2.45) is 5.92 Å². The molecule has 0 saturated heterocycles. The Morgan fingerprint density at radius 1 is 1.44 bits per heavy atom. The molecule has 2 N–H and O–H groups in total. The van der Waals surface area contributed by atoms with Gasteiger partial charge in [-0.2, -0.15) is 5.10 Å². The van der Waals surface area contributed by atoms with Gasteiger partial charge in [-0.25, -0.2) is 0 Å². The number of amides is 1. The Balaban J connectivity index is 2.35. The number of hydrogen-bond acceptors (Lipinski definition) is 3. The van der Waals surface area contributed by atoms with Crippen LogP contribution in [0.1, 0.15) is 34.1 Å². The fourth-order valence-electron chi connectivity index (χ4n) is 1.54. The zero-order valence-corrected chi connectivity index (χ0v) is 11.7. The summed E-state index contributed by atoms with van der Waals surface area (Å²) in [6.45, 7) is 9.72. The van der Waals surface area contributed by atoms with Gasteiger partial charge in [0, 0.05) is 25.4 Å². The molecule has 0 aliphatic heterocycles. The Kier molecular flexibility index (Phi) is 5.68. The van der Waals surface area contributed by atoms with E-state index in [1.54, 1.807) is 0 Å². The zero-order chi connectivity index (χ0) is 13.5. The number of nitrogens with one attached hydrogen (secondary N) is 2. The quantitative estimate of drug-likeness (QED) is 0.779. The summed E-state index contributed by atoms with van der Waals surface area (Å²) in [4.78, 5) is 11.8. The number of aryl methyl sites for hydroxylation is 1. The molecule has 1 amide bonds. The van der Waals surface area contributed by atoms with Gasteiger partial charge >= 0.3 is 0 Å². The summed E-state index contributed by atoms with van der Waals surface area (Å²) in [6, 6.07) is 1.61. The summed E-state index contributed by atoms with van der Waals surface area (Å²) in [5, 5.41) is 10.3. The first-order chi connectivity index (χ1) is 8.52. The maximum atomic E-state index is 11.8. The van der Waals surface area contributed by atoms with E-state index >= 15 is 0 Å². The van der Waals surface area contributed by atoms with Crippen LogP contribution in [0.15, 0.2) is 12.3 Å². The molecule has 0 spiro atoms. The third kappa shape index (κ3) is 4.77. The predicted octanol–water partition coefficient (Wildman–Crippen LogP) is 1.87. The first-order valence-corrected chi connectivity index (χ1v) is 6.60. The standard InChI is InChI=1S/C13H24N4O/c1-5-17-9-7-12(16-17)15-11(4)13(18)14-8-6-10(2)3/h7,9-11H,5-6,8H2,1-4H3,(H,14,18)(H,15,16). The smallest absolute Gasteiger partial charge is 0.242 e. The van der Waals surface area contributed by atoms with Crippen LogP contribution in [0, 0.1) is 5.92 Å². The first-order valence-electron chi connectivity index (χ1n) is 6.60. The molecule has 0 aliphatic rings. The minimum Gasteiger partial charge on any atom is -0.357 e. The average molecular weight is 252 g/mol. The number of anilines is 1. The van der Waals surface area contributed by atoms with E-state index in [-0.39, 0.29) is 11.9 Å². The summed E-state index contributed by atoms with van der Waals surface area (Å²) in [5.74, 6) is 1.36. The highest BCUT2D eigenvalue weighted by Gasteiger charge is 2.13. The summed E-state index contributed by atoms with van der Waals surface area (Å²) in [7, 11) is 0. The van der Waals surface area contributed by atoms with E-state index in [0.717, 1.165) is 25.3 Å². The molecule has 0 aromatic carbocycles. The van der Waals surface area contributed by atoms with Gasteiger partial charge in [-0.05, 0) is 26.2 Å². The van der Waals surface area contributed by atoms with Gasteiger partial charge in [0.1, 0.15) is 11.9 Å². The van der Waals surface area contributed by atoms with Crippen LogP contribution in [0.3, 0.4) is 0 Å². The van der Waals surface area contributed by atoms with E-state index in [4.69, 9.17) is 0 Å². The van der Waals surface area contributed by atoms with Crippen LogP contribution in [-0.4, -0.2) is 28.3 Å². The molecule has 1 rings (SSSR count). The van der Waals surface area contributed by atoms with Crippen LogP contribution in [-0.2, 0) is 11.3 Å². The molecule has 0 aliphatic carbocycles. The van der Waals surface area contributed by atoms with E-state index in [1.165, 1.54) is 0 Å². The molecule has 1 unspecified atom stereocenters. The van der Waals surface area contributed by atoms with Crippen LogP contribution < -0.4 is 10.6 Å². The lowest BCUT2D eigenvalue weighted by Gasteiger charge is -2.14. The van der Waals surface area contributed by atoms with Gasteiger partial charge in [0.05, 0.1) is 0 Å². The molecule has 102 valence electrons. The lowest BCUT2D eigenvalue weighted by atomic mass is 10.1. The Bertz CT molecular complexity index is 373. The van der Waals surface area contributed by atoms with Crippen LogP contribution in [0.4, 0.5) is 5.82 Å². The Labute approximate surface area is 109 Å². The second kappa shape index (κ2) is 7.03. The van der Waals surface area contributed by atoms with Crippen molar-refractivity contribution in [2.45, 2.75) is 46.7 Å². The van der Waals surface area contributed by atoms with Crippen molar-refractivity contribution in [3.05, 3.63) is 12.3 Å².